The molecule has 5 rings (SSSR count). The van der Waals surface area contributed by atoms with E-state index in [1.807, 2.05) is 0 Å². The highest BCUT2D eigenvalue weighted by molar-refractivity contribution is 8.00. The van der Waals surface area contributed by atoms with Gasteiger partial charge in [-0.2, -0.15) is 9.36 Å². The fourth-order valence-corrected chi connectivity index (χ4v) is 8.78. The Morgan fingerprint density at radius 2 is 1.88 bits per heavy atom. The number of amides is 3. The lowest BCUT2D eigenvalue weighted by molar-refractivity contribution is -0.765. The average molecular weight is 988 g/mol. The van der Waals surface area contributed by atoms with Gasteiger partial charge in [-0.25, -0.2) is 9.59 Å². The summed E-state index contributed by atoms with van der Waals surface area (Å²) in [5.74, 6) is -6.38. The number of aliphatic imine (C=N–C) groups is 1. The van der Waals surface area contributed by atoms with E-state index in [2.05, 4.69) is 30.1 Å². The average Bonchev–Trinajstić information content (AvgIpc) is 3.83. The van der Waals surface area contributed by atoms with Gasteiger partial charge in [-0.05, 0) is 13.8 Å². The number of aromatic nitrogens is 4. The molecule has 0 aromatic carbocycles. The molecule has 0 bridgehead atoms. The van der Waals surface area contributed by atoms with E-state index in [0.29, 0.717) is 0 Å². The van der Waals surface area contributed by atoms with Crippen LogP contribution >= 0.6 is 23.3 Å². The van der Waals surface area contributed by atoms with E-state index in [1.165, 1.54) is 55.1 Å². The third-order valence-corrected chi connectivity index (χ3v) is 13.0. The summed E-state index contributed by atoms with van der Waals surface area (Å²) in [4.78, 5) is 77.9. The maximum Gasteiger partial charge on any atom is 0.350 e. The molecule has 14 N–H and O–H groups in total. The Bertz CT molecular complexity index is 2250. The van der Waals surface area contributed by atoms with Crippen LogP contribution in [0.3, 0.4) is 0 Å². The highest BCUT2D eigenvalue weighted by atomic mass is 32.2. The van der Waals surface area contributed by atoms with Gasteiger partial charge in [0.2, 0.25) is 23.5 Å². The number of nitrogens with two attached hydrogens (primary N) is 2. The van der Waals surface area contributed by atoms with Crippen molar-refractivity contribution >= 4 is 81.5 Å². The van der Waals surface area contributed by atoms with Gasteiger partial charge in [-0.1, -0.05) is 12.1 Å². The molecule has 0 saturated carbocycles. The number of anilines is 3. The second-order valence-electron chi connectivity index (χ2n) is 16.1. The van der Waals surface area contributed by atoms with Crippen LogP contribution in [0, 0.1) is 11.8 Å². The normalized spacial score (nSPS) is 25.2. The fraction of sp³-hybridized carbons (Fsp3) is 0.622. The maximum atomic E-state index is 13.5. The molecule has 0 spiro atoms. The summed E-state index contributed by atoms with van der Waals surface area (Å²) in [6.45, 7) is 2.03. The Balaban J connectivity index is 1.17. The summed E-state index contributed by atoms with van der Waals surface area (Å²) >= 11 is 1.92. The largest absolute Gasteiger partial charge is 0.543 e. The molecule has 2 aromatic heterocycles. The maximum absolute atomic E-state index is 13.5. The van der Waals surface area contributed by atoms with Gasteiger partial charge in [0.25, 0.3) is 0 Å². The molecule has 28 nitrogen and oxygen atoms in total. The number of fused-ring (bicyclic) bond motifs is 1. The van der Waals surface area contributed by atoms with Crippen molar-refractivity contribution in [2.75, 3.05) is 48.8 Å². The van der Waals surface area contributed by atoms with Gasteiger partial charge in [0.1, 0.15) is 30.5 Å². The minimum Gasteiger partial charge on any atom is -0.543 e. The predicted octanol–water partition coefficient (Wildman–Crippen LogP) is -6.17. The first kappa shape index (κ1) is 52.6. The van der Waals surface area contributed by atoms with E-state index >= 15 is 0 Å². The van der Waals surface area contributed by atoms with Crippen LogP contribution in [0.5, 0.6) is 0 Å². The molecule has 2 saturated heterocycles. The molecule has 2 fully saturated rings. The lowest BCUT2D eigenvalue weighted by Gasteiger charge is -2.50. The van der Waals surface area contributed by atoms with Crippen molar-refractivity contribution in [1.82, 2.24) is 24.3 Å². The number of nitrogens with zero attached hydrogens (tertiary/aromatic N) is 7. The lowest BCUT2D eigenvalue weighted by atomic mass is 9.89. The van der Waals surface area contributed by atoms with Crippen LogP contribution in [0.15, 0.2) is 27.6 Å². The molecule has 10 unspecified atom stereocenters. The number of nitrogens with one attached hydrogen (secondary N) is 2. The molecule has 0 aliphatic carbocycles. The summed E-state index contributed by atoms with van der Waals surface area (Å²) in [5, 5.41) is 101. The Hall–Kier alpha value is -5.41. The number of nitrogen functional groups attached to an aromatic ring is 2. The summed E-state index contributed by atoms with van der Waals surface area (Å²) in [6, 6.07) is -0.750. The highest BCUT2D eigenvalue weighted by Crippen LogP contribution is 2.45. The molecular formula is C37H53N11O17S2. The Morgan fingerprint density at radius 1 is 1.18 bits per heavy atom. The molecular weight excluding hydrogens is 935 g/mol. The number of aliphatic hydroxyl groups excluding tert-OH is 7. The number of oxime groups is 1. The molecule has 3 amide bonds. The SMILES string of the molecule is CC1C(CO)OC(OC(C(O)CO)C(O)C(O)C=NCCNC(=O)Nc2c[n+](CC3=C(C(=O)[O-])N4C(=O)[C@@H](CC(=O)/C(=N\OC(C)(C)C(=O)O)c5nsc(N)n5)C4SC3)n(C)c2N)C(O)C1O. The molecule has 2 aromatic rings. The van der Waals surface area contributed by atoms with Gasteiger partial charge in [0.15, 0.2) is 41.0 Å². The van der Waals surface area contributed by atoms with Gasteiger partial charge in [0.05, 0.1) is 62.0 Å². The minimum absolute atomic E-state index is 0.0223. The summed E-state index contributed by atoms with van der Waals surface area (Å²) < 4.78 is 17.8. The highest BCUT2D eigenvalue weighted by Gasteiger charge is 2.53. The Morgan fingerprint density at radius 3 is 2.49 bits per heavy atom. The first-order valence-electron chi connectivity index (χ1n) is 20.4. The van der Waals surface area contributed by atoms with Gasteiger partial charge < -0.3 is 81.8 Å². The number of ether oxygens (including phenoxy) is 2. The van der Waals surface area contributed by atoms with Crippen LogP contribution in [0.2, 0.25) is 0 Å². The van der Waals surface area contributed by atoms with Crippen LogP contribution in [0.4, 0.5) is 21.4 Å². The second-order valence-corrected chi connectivity index (χ2v) is 18.0. The number of urea groups is 1. The summed E-state index contributed by atoms with van der Waals surface area (Å²) in [5.41, 5.74) is 9.51. The van der Waals surface area contributed by atoms with E-state index in [4.69, 9.17) is 25.8 Å². The van der Waals surface area contributed by atoms with Crippen LogP contribution < -0.4 is 31.9 Å². The van der Waals surface area contributed by atoms with Crippen molar-refractivity contribution in [3.05, 3.63) is 23.3 Å². The third kappa shape index (κ3) is 11.8. The molecule has 30 heteroatoms. The van der Waals surface area contributed by atoms with E-state index in [9.17, 15) is 69.9 Å². The Kier molecular flexibility index (Phi) is 17.4. The summed E-state index contributed by atoms with van der Waals surface area (Å²) in [7, 11) is 1.53. The molecule has 5 heterocycles. The predicted molar refractivity (Wildman–Crippen MR) is 229 cm³/mol. The quantitative estimate of drug-likeness (QED) is 0.0172. The van der Waals surface area contributed by atoms with Crippen LogP contribution in [-0.4, -0.2) is 193 Å². The lowest BCUT2D eigenvalue weighted by Crippen LogP contribution is -2.63. The van der Waals surface area contributed by atoms with Gasteiger partial charge in [0, 0.05) is 48.0 Å². The first-order valence-corrected chi connectivity index (χ1v) is 22.2. The zero-order chi connectivity index (χ0) is 49.7. The van der Waals surface area contributed by atoms with E-state index in [1.54, 1.807) is 0 Å². The fourth-order valence-electron chi connectivity index (χ4n) is 6.94. The van der Waals surface area contributed by atoms with Crippen molar-refractivity contribution < 1.29 is 88.9 Å². The molecule has 0 radical (unpaired) electrons. The van der Waals surface area contributed by atoms with Gasteiger partial charge in [-0.3, -0.25) is 24.8 Å². The number of thioether (sulfide) groups is 1. The minimum atomic E-state index is -1.95. The van der Waals surface area contributed by atoms with Gasteiger partial charge in [-0.15, -0.1) is 21.1 Å². The zero-order valence-corrected chi connectivity index (χ0v) is 37.9. The van der Waals surface area contributed by atoms with Crippen molar-refractivity contribution in [2.45, 2.75) is 93.7 Å². The number of rotatable bonds is 22. The van der Waals surface area contributed by atoms with Crippen molar-refractivity contribution in [1.29, 1.82) is 0 Å². The van der Waals surface area contributed by atoms with Crippen molar-refractivity contribution in [3.8, 4) is 0 Å². The number of aliphatic carboxylic acids is 2. The standard InChI is InChI=1S/C37H53N11O17S2/c1-14-21(12-50)63-33(26(56)24(14)54)64-27(20(53)11-49)25(55)19(52)8-40-5-6-41-36(62)42-17-10-47(46(4)28(17)38)9-15-13-66-31-16(30(57)48(31)23(15)32(58)59)7-18(51)22(29-43-35(39)67-45-29)44-65-37(2,3)34(60)61/h8,10,14,16,19-21,24-27,31,33,38,49-50,52-56H,5-7,9,11-13H2,1-4H3,(H6,39,41,42,43,45,58,59,60,61,62)/b40-8?,44-22+/t14?,16-,19?,20?,21?,24?,25?,26?,27?,31?,33?/m1/s1. The number of Topliss-reactive ketones (excluding diaryl/α,β-unsaturated/α-hetero) is 1. The number of hydrogen-bond acceptors (Lipinski definition) is 24. The smallest absolute Gasteiger partial charge is 0.350 e. The number of carboxylic acids is 2. The van der Waals surface area contributed by atoms with Crippen LogP contribution in [0.25, 0.3) is 0 Å². The van der Waals surface area contributed by atoms with Crippen LogP contribution in [-0.2, 0) is 47.1 Å². The molecule has 67 heavy (non-hydrogen) atoms. The van der Waals surface area contributed by atoms with E-state index in [-0.39, 0.29) is 53.4 Å². The van der Waals surface area contributed by atoms with Crippen molar-refractivity contribution in [3.63, 3.8) is 0 Å². The van der Waals surface area contributed by atoms with E-state index < -0.39 is 133 Å². The number of β-lactam (4-membered cyclic amide) rings is 1. The molecule has 11 atom stereocenters. The first-order chi connectivity index (χ1) is 31.5. The molecule has 370 valence electrons. The Labute approximate surface area is 388 Å². The monoisotopic (exact) mass is 987 g/mol. The molecule has 3 aliphatic heterocycles. The topological polar surface area (TPSA) is 437 Å². The third-order valence-electron chi connectivity index (χ3n) is 11.0. The van der Waals surface area contributed by atoms with Crippen molar-refractivity contribution in [2.24, 2.45) is 29.0 Å². The number of carboxylic acid groups (broad SMARTS) is 2. The molecule has 3 aliphatic rings. The number of hydrogen-bond donors (Lipinski definition) is 12. The summed E-state index contributed by atoms with van der Waals surface area (Å²) in [6.07, 6.45) is -11.2. The van der Waals surface area contributed by atoms with Crippen LogP contribution in [0.1, 0.15) is 33.0 Å². The van der Waals surface area contributed by atoms with Gasteiger partial charge >= 0.3 is 12.0 Å². The number of carbonyl (C=O) groups excluding carboxylic acids is 4. The number of aliphatic hydroxyl groups is 7. The van der Waals surface area contributed by atoms with E-state index in [0.717, 1.165) is 22.6 Å². The second kappa shape index (κ2) is 22.1. The number of carbonyl (C=O) groups is 5. The number of ketones is 1. The zero-order valence-electron chi connectivity index (χ0n) is 36.3.